The Balaban J connectivity index is 3.54. The van der Waals surface area contributed by atoms with Crippen molar-refractivity contribution in [3.63, 3.8) is 0 Å². The lowest BCUT2D eigenvalue weighted by molar-refractivity contribution is -0.00287. The molecule has 0 aliphatic heterocycles. The molecule has 0 fully saturated rings. The number of hydrogen-bond donors (Lipinski definition) is 1. The van der Waals surface area contributed by atoms with Crippen LogP contribution in [0.3, 0.4) is 0 Å². The Hall–Kier alpha value is 0.400. The SMILES string of the molecule is CC(C)(CCBr)NCCOC(C)(C)C. The number of rotatable bonds is 6. The van der Waals surface area contributed by atoms with Crippen molar-refractivity contribution in [1.29, 1.82) is 0 Å². The van der Waals surface area contributed by atoms with Crippen LogP contribution in [-0.2, 0) is 4.74 Å². The van der Waals surface area contributed by atoms with Crippen LogP contribution < -0.4 is 5.32 Å². The van der Waals surface area contributed by atoms with E-state index in [2.05, 4.69) is 55.9 Å². The summed E-state index contributed by atoms with van der Waals surface area (Å²) in [5, 5.41) is 4.51. The molecule has 14 heavy (non-hydrogen) atoms. The van der Waals surface area contributed by atoms with E-state index in [1.54, 1.807) is 0 Å². The number of hydrogen-bond acceptors (Lipinski definition) is 2. The number of nitrogens with one attached hydrogen (secondary N) is 1. The number of alkyl halides is 1. The highest BCUT2D eigenvalue weighted by molar-refractivity contribution is 9.09. The summed E-state index contributed by atoms with van der Waals surface area (Å²) in [4.78, 5) is 0. The van der Waals surface area contributed by atoms with Gasteiger partial charge in [0, 0.05) is 17.4 Å². The smallest absolute Gasteiger partial charge is 0.0599 e. The minimum Gasteiger partial charge on any atom is -0.375 e. The lowest BCUT2D eigenvalue weighted by atomic mass is 10.0. The van der Waals surface area contributed by atoms with Crippen LogP contribution in [0.4, 0.5) is 0 Å². The molecule has 0 aromatic carbocycles. The van der Waals surface area contributed by atoms with Crippen molar-refractivity contribution in [1.82, 2.24) is 5.32 Å². The number of ether oxygens (including phenoxy) is 1. The molecular weight excluding hydrogens is 242 g/mol. The van der Waals surface area contributed by atoms with Gasteiger partial charge >= 0.3 is 0 Å². The highest BCUT2D eigenvalue weighted by Crippen LogP contribution is 2.10. The van der Waals surface area contributed by atoms with Gasteiger partial charge in [-0.1, -0.05) is 15.9 Å². The Bertz CT molecular complexity index is 152. The van der Waals surface area contributed by atoms with Gasteiger partial charge in [-0.15, -0.1) is 0 Å². The van der Waals surface area contributed by atoms with Crippen molar-refractivity contribution in [2.24, 2.45) is 0 Å². The highest BCUT2D eigenvalue weighted by Gasteiger charge is 2.16. The van der Waals surface area contributed by atoms with Gasteiger partial charge in [0.1, 0.15) is 0 Å². The monoisotopic (exact) mass is 265 g/mol. The van der Waals surface area contributed by atoms with Crippen LogP contribution in [-0.4, -0.2) is 29.6 Å². The third-order valence-electron chi connectivity index (χ3n) is 1.96. The van der Waals surface area contributed by atoms with Gasteiger partial charge in [0.2, 0.25) is 0 Å². The first-order chi connectivity index (χ1) is 6.27. The van der Waals surface area contributed by atoms with E-state index in [1.807, 2.05) is 0 Å². The molecule has 0 atom stereocenters. The zero-order chi connectivity index (χ0) is 11.2. The molecule has 0 rings (SSSR count). The highest BCUT2D eigenvalue weighted by atomic mass is 79.9. The Labute approximate surface area is 96.9 Å². The third kappa shape index (κ3) is 8.97. The van der Waals surface area contributed by atoms with Gasteiger partial charge < -0.3 is 10.1 Å². The number of halogens is 1. The summed E-state index contributed by atoms with van der Waals surface area (Å²) in [7, 11) is 0. The van der Waals surface area contributed by atoms with Crippen molar-refractivity contribution in [2.75, 3.05) is 18.5 Å². The first kappa shape index (κ1) is 14.4. The van der Waals surface area contributed by atoms with Crippen LogP contribution in [0.15, 0.2) is 0 Å². The van der Waals surface area contributed by atoms with Crippen molar-refractivity contribution in [2.45, 2.75) is 52.2 Å². The van der Waals surface area contributed by atoms with Gasteiger partial charge in [-0.25, -0.2) is 0 Å². The average molecular weight is 266 g/mol. The molecule has 3 heteroatoms. The second-order valence-electron chi connectivity index (χ2n) is 5.21. The molecule has 0 aliphatic rings. The summed E-state index contributed by atoms with van der Waals surface area (Å²) in [6, 6.07) is 0. The average Bonchev–Trinajstić information content (AvgIpc) is 1.96. The molecule has 0 spiro atoms. The van der Waals surface area contributed by atoms with Gasteiger partial charge in [-0.05, 0) is 41.0 Å². The lowest BCUT2D eigenvalue weighted by Crippen LogP contribution is -2.42. The van der Waals surface area contributed by atoms with Crippen LogP contribution in [0, 0.1) is 0 Å². The first-order valence-electron chi connectivity index (χ1n) is 5.22. The van der Waals surface area contributed by atoms with E-state index < -0.39 is 0 Å². The second-order valence-corrected chi connectivity index (χ2v) is 6.00. The molecule has 0 radical (unpaired) electrons. The summed E-state index contributed by atoms with van der Waals surface area (Å²) >= 11 is 3.45. The van der Waals surface area contributed by atoms with Gasteiger partial charge in [-0.2, -0.15) is 0 Å². The minimum atomic E-state index is -0.0265. The minimum absolute atomic E-state index is 0.0265. The molecule has 0 aromatic rings. The predicted octanol–water partition coefficient (Wildman–Crippen LogP) is 2.95. The van der Waals surface area contributed by atoms with Gasteiger partial charge in [-0.3, -0.25) is 0 Å². The van der Waals surface area contributed by atoms with Crippen LogP contribution in [0.25, 0.3) is 0 Å². The first-order valence-corrected chi connectivity index (χ1v) is 6.34. The van der Waals surface area contributed by atoms with Gasteiger partial charge in [0.25, 0.3) is 0 Å². The molecular formula is C11H24BrNO. The molecule has 0 saturated carbocycles. The fourth-order valence-corrected chi connectivity index (χ4v) is 2.06. The van der Waals surface area contributed by atoms with Gasteiger partial charge in [0.15, 0.2) is 0 Å². The zero-order valence-corrected chi connectivity index (χ0v) is 11.7. The van der Waals surface area contributed by atoms with Crippen LogP contribution >= 0.6 is 15.9 Å². The topological polar surface area (TPSA) is 21.3 Å². The van der Waals surface area contributed by atoms with Crippen molar-refractivity contribution in [3.05, 3.63) is 0 Å². The van der Waals surface area contributed by atoms with Crippen molar-refractivity contribution >= 4 is 15.9 Å². The van der Waals surface area contributed by atoms with E-state index in [0.717, 1.165) is 24.9 Å². The molecule has 0 unspecified atom stereocenters. The van der Waals surface area contributed by atoms with E-state index in [0.29, 0.717) is 0 Å². The molecule has 1 N–H and O–H groups in total. The maximum Gasteiger partial charge on any atom is 0.0599 e. The maximum atomic E-state index is 5.63. The quantitative estimate of drug-likeness (QED) is 0.589. The van der Waals surface area contributed by atoms with E-state index in [-0.39, 0.29) is 11.1 Å². The standard InChI is InChI=1S/C11H24BrNO/c1-10(2,3)14-9-8-13-11(4,5)6-7-12/h13H,6-9H2,1-5H3. The molecule has 0 saturated heterocycles. The largest absolute Gasteiger partial charge is 0.375 e. The molecule has 0 amide bonds. The summed E-state index contributed by atoms with van der Waals surface area (Å²) in [6.45, 7) is 12.4. The second kappa shape index (κ2) is 6.09. The van der Waals surface area contributed by atoms with E-state index in [9.17, 15) is 0 Å². The molecule has 86 valence electrons. The molecule has 0 bridgehead atoms. The molecule has 2 nitrogen and oxygen atoms in total. The van der Waals surface area contributed by atoms with E-state index in [4.69, 9.17) is 4.74 Å². The van der Waals surface area contributed by atoms with Crippen molar-refractivity contribution in [3.8, 4) is 0 Å². The zero-order valence-electron chi connectivity index (χ0n) is 10.1. The summed E-state index contributed by atoms with van der Waals surface area (Å²) in [6.07, 6.45) is 1.13. The molecule has 0 aliphatic carbocycles. The van der Waals surface area contributed by atoms with Crippen LogP contribution in [0.2, 0.25) is 0 Å². The predicted molar refractivity (Wildman–Crippen MR) is 66.2 cm³/mol. The summed E-state index contributed by atoms with van der Waals surface area (Å²) in [5.74, 6) is 0. The summed E-state index contributed by atoms with van der Waals surface area (Å²) < 4.78 is 5.63. The van der Waals surface area contributed by atoms with E-state index >= 15 is 0 Å². The van der Waals surface area contributed by atoms with Crippen LogP contribution in [0.1, 0.15) is 41.0 Å². The lowest BCUT2D eigenvalue weighted by Gasteiger charge is -2.27. The molecule has 0 heterocycles. The normalized spacial score (nSPS) is 13.3. The fraction of sp³-hybridized carbons (Fsp3) is 1.00. The Morgan fingerprint density at radius 1 is 1.14 bits per heavy atom. The summed E-state index contributed by atoms with van der Waals surface area (Å²) in [5.41, 5.74) is 0.173. The Kier molecular flexibility index (Phi) is 6.26. The fourth-order valence-electron chi connectivity index (χ4n) is 1.07. The Morgan fingerprint density at radius 3 is 2.14 bits per heavy atom. The Morgan fingerprint density at radius 2 is 1.71 bits per heavy atom. The van der Waals surface area contributed by atoms with Crippen LogP contribution in [0.5, 0.6) is 0 Å². The third-order valence-corrected chi connectivity index (χ3v) is 2.36. The maximum absolute atomic E-state index is 5.63. The van der Waals surface area contributed by atoms with Crippen molar-refractivity contribution < 1.29 is 4.74 Å². The van der Waals surface area contributed by atoms with Gasteiger partial charge in [0.05, 0.1) is 12.2 Å². The van der Waals surface area contributed by atoms with E-state index in [1.165, 1.54) is 0 Å². The molecule has 0 aromatic heterocycles.